The highest BCUT2D eigenvalue weighted by Crippen LogP contribution is 2.32. The fraction of sp³-hybridized carbons (Fsp3) is 0.360. The van der Waals surface area contributed by atoms with Crippen LogP contribution in [-0.4, -0.2) is 63.9 Å². The Kier molecular flexibility index (Phi) is 7.51. The predicted octanol–water partition coefficient (Wildman–Crippen LogP) is 4.85. The summed E-state index contributed by atoms with van der Waals surface area (Å²) in [7, 11) is 0. The molecule has 39 heavy (non-hydrogen) atoms. The van der Waals surface area contributed by atoms with Crippen molar-refractivity contribution in [2.24, 2.45) is 5.92 Å². The van der Waals surface area contributed by atoms with Crippen LogP contribution in [0.4, 0.5) is 35.3 Å². The maximum absolute atomic E-state index is 13.4. The first kappa shape index (κ1) is 26.6. The summed E-state index contributed by atoms with van der Waals surface area (Å²) >= 11 is 5.92. The summed E-state index contributed by atoms with van der Waals surface area (Å²) in [5.74, 6) is 1.05. The van der Waals surface area contributed by atoms with Crippen LogP contribution in [-0.2, 0) is 6.54 Å². The van der Waals surface area contributed by atoms with Crippen LogP contribution in [0.2, 0.25) is 5.02 Å². The van der Waals surface area contributed by atoms with E-state index in [9.17, 15) is 22.8 Å². The number of halogens is 4. The molecule has 206 valence electrons. The number of carbonyl (C=O) groups excluding carboxylic acids is 2. The van der Waals surface area contributed by atoms with E-state index in [1.54, 1.807) is 27.9 Å². The Labute approximate surface area is 226 Å². The number of alkyl halides is 3. The number of benzene rings is 1. The smallest absolute Gasteiger partial charge is 0.406 e. The first-order valence-corrected chi connectivity index (χ1v) is 12.7. The number of rotatable bonds is 7. The number of aromatic nitrogens is 3. The molecular weight excluding hydrogens is 539 g/mol. The molecule has 0 bridgehead atoms. The number of pyridine rings is 1. The van der Waals surface area contributed by atoms with Crippen LogP contribution in [0.5, 0.6) is 5.75 Å². The molecule has 14 heteroatoms. The van der Waals surface area contributed by atoms with Crippen molar-refractivity contribution in [3.63, 3.8) is 0 Å². The second kappa shape index (κ2) is 11.0. The van der Waals surface area contributed by atoms with Crippen LogP contribution >= 0.6 is 11.6 Å². The van der Waals surface area contributed by atoms with Crippen molar-refractivity contribution < 1.29 is 27.5 Å². The van der Waals surface area contributed by atoms with E-state index >= 15 is 0 Å². The Bertz CT molecular complexity index is 1320. The van der Waals surface area contributed by atoms with Gasteiger partial charge in [-0.05, 0) is 55.2 Å². The molecule has 5 rings (SSSR count). The van der Waals surface area contributed by atoms with E-state index in [-0.39, 0.29) is 23.2 Å². The summed E-state index contributed by atoms with van der Waals surface area (Å²) < 4.78 is 42.6. The molecule has 3 heterocycles. The van der Waals surface area contributed by atoms with Crippen molar-refractivity contribution in [2.75, 3.05) is 41.7 Å². The lowest BCUT2D eigenvalue weighted by Gasteiger charge is -2.35. The van der Waals surface area contributed by atoms with Crippen molar-refractivity contribution in [1.82, 2.24) is 19.4 Å². The van der Waals surface area contributed by atoms with Gasteiger partial charge in [-0.15, -0.1) is 13.2 Å². The van der Waals surface area contributed by atoms with Gasteiger partial charge >= 0.3 is 12.4 Å². The van der Waals surface area contributed by atoms with Crippen molar-refractivity contribution >= 4 is 40.9 Å². The Morgan fingerprint density at radius 2 is 1.74 bits per heavy atom. The van der Waals surface area contributed by atoms with E-state index in [0.717, 1.165) is 30.8 Å². The first-order chi connectivity index (χ1) is 18.6. The van der Waals surface area contributed by atoms with Crippen molar-refractivity contribution in [3.8, 4) is 5.75 Å². The summed E-state index contributed by atoms with van der Waals surface area (Å²) in [5, 5.41) is 5.68. The zero-order valence-electron chi connectivity index (χ0n) is 20.6. The van der Waals surface area contributed by atoms with Gasteiger partial charge in [0, 0.05) is 50.8 Å². The third kappa shape index (κ3) is 7.11. The number of hydrogen-bond donors (Lipinski definition) is 2. The fourth-order valence-electron chi connectivity index (χ4n) is 4.22. The minimum Gasteiger partial charge on any atom is -0.406 e. The number of urea groups is 1. The summed E-state index contributed by atoms with van der Waals surface area (Å²) in [4.78, 5) is 38.5. The molecule has 3 amide bonds. The molecular formula is C25H25ClF3N7O3. The second-order valence-electron chi connectivity index (χ2n) is 9.31. The van der Waals surface area contributed by atoms with Crippen molar-refractivity contribution in [2.45, 2.75) is 25.7 Å². The largest absolute Gasteiger partial charge is 0.573 e. The third-order valence-corrected chi connectivity index (χ3v) is 6.53. The molecule has 2 aliphatic rings. The Morgan fingerprint density at radius 3 is 2.36 bits per heavy atom. The zero-order chi connectivity index (χ0) is 27.6. The van der Waals surface area contributed by atoms with Crippen molar-refractivity contribution in [3.05, 3.63) is 59.6 Å². The molecule has 10 nitrogen and oxygen atoms in total. The number of amides is 3. The Morgan fingerprint density at radius 1 is 1.03 bits per heavy atom. The minimum atomic E-state index is -4.80. The Balaban J connectivity index is 1.21. The molecule has 2 N–H and O–H groups in total. The van der Waals surface area contributed by atoms with E-state index in [0.29, 0.717) is 43.7 Å². The molecule has 0 radical (unpaired) electrons. The van der Waals surface area contributed by atoms with Crippen LogP contribution in [0.1, 0.15) is 23.5 Å². The Hall–Kier alpha value is -4.00. The molecule has 1 saturated carbocycles. The number of nitrogens with one attached hydrogen (secondary N) is 2. The number of piperazine rings is 1. The van der Waals surface area contributed by atoms with Crippen LogP contribution in [0.3, 0.4) is 0 Å². The molecule has 3 aromatic rings. The summed E-state index contributed by atoms with van der Waals surface area (Å²) in [6.07, 6.45) is 0.540. The van der Waals surface area contributed by atoms with Crippen LogP contribution in [0.25, 0.3) is 0 Å². The SMILES string of the molecule is O=C(Nc1ccc(OC(F)(F)F)cc1)Nc1cn(CC2CC2)c(C(=O)N2CCN(c3ccc(Cl)cn3)CC2)n1. The van der Waals surface area contributed by atoms with Crippen LogP contribution < -0.4 is 20.3 Å². The summed E-state index contributed by atoms with van der Waals surface area (Å²) in [6, 6.07) is 7.70. The lowest BCUT2D eigenvalue weighted by Crippen LogP contribution is -2.49. The molecule has 1 saturated heterocycles. The van der Waals surface area contributed by atoms with Gasteiger partial charge < -0.3 is 24.4 Å². The maximum Gasteiger partial charge on any atom is 0.573 e. The minimum absolute atomic E-state index is 0.192. The van der Waals surface area contributed by atoms with Gasteiger partial charge in [-0.25, -0.2) is 14.8 Å². The molecule has 2 aromatic heterocycles. The molecule has 0 spiro atoms. The maximum atomic E-state index is 13.4. The predicted molar refractivity (Wildman–Crippen MR) is 138 cm³/mol. The van der Waals surface area contributed by atoms with Gasteiger partial charge in [0.05, 0.1) is 5.02 Å². The number of hydrogen-bond acceptors (Lipinski definition) is 6. The van der Waals surface area contributed by atoms with Crippen LogP contribution in [0.15, 0.2) is 48.8 Å². The number of ether oxygens (including phenoxy) is 1. The average Bonchev–Trinajstić information content (AvgIpc) is 3.63. The fourth-order valence-corrected chi connectivity index (χ4v) is 4.33. The highest BCUT2D eigenvalue weighted by Gasteiger charge is 2.31. The first-order valence-electron chi connectivity index (χ1n) is 12.3. The summed E-state index contributed by atoms with van der Waals surface area (Å²) in [6.45, 7) is 2.79. The van der Waals surface area contributed by atoms with Gasteiger partial charge in [0.1, 0.15) is 11.6 Å². The van der Waals surface area contributed by atoms with Gasteiger partial charge in [-0.2, -0.15) is 0 Å². The number of anilines is 3. The monoisotopic (exact) mass is 563 g/mol. The standard InChI is InChI=1S/C25H25ClF3N7O3/c26-17-3-8-21(30-13-17)34-9-11-35(12-10-34)23(37)22-32-20(15-36(22)14-16-1-2-16)33-24(38)31-18-4-6-19(7-5-18)39-25(27,28)29/h3-8,13,15-16H,1-2,9-12,14H2,(H2,31,33,38). The third-order valence-electron chi connectivity index (χ3n) is 6.31. The normalized spacial score (nSPS) is 15.7. The van der Waals surface area contributed by atoms with E-state index in [4.69, 9.17) is 11.6 Å². The molecule has 1 aliphatic carbocycles. The molecule has 1 aliphatic heterocycles. The van der Waals surface area contributed by atoms with Gasteiger partial charge in [0.2, 0.25) is 5.82 Å². The molecule has 0 atom stereocenters. The average molecular weight is 564 g/mol. The molecule has 1 aromatic carbocycles. The zero-order valence-corrected chi connectivity index (χ0v) is 21.4. The van der Waals surface area contributed by atoms with Crippen LogP contribution in [0, 0.1) is 5.92 Å². The lowest BCUT2D eigenvalue weighted by atomic mass is 10.3. The van der Waals surface area contributed by atoms with Crippen molar-refractivity contribution in [1.29, 1.82) is 0 Å². The summed E-state index contributed by atoms with van der Waals surface area (Å²) in [5.41, 5.74) is 0.254. The van der Waals surface area contributed by atoms with Gasteiger partial charge in [-0.3, -0.25) is 10.1 Å². The number of nitrogens with zero attached hydrogens (tertiary/aromatic N) is 5. The molecule has 2 fully saturated rings. The van der Waals surface area contributed by atoms with Gasteiger partial charge in [0.15, 0.2) is 5.82 Å². The number of carbonyl (C=O) groups is 2. The van der Waals surface area contributed by atoms with E-state index in [2.05, 4.69) is 30.2 Å². The molecule has 0 unspecified atom stereocenters. The van der Waals surface area contributed by atoms with E-state index in [1.165, 1.54) is 12.1 Å². The van der Waals surface area contributed by atoms with Gasteiger partial charge in [-0.1, -0.05) is 11.6 Å². The number of imidazole rings is 1. The second-order valence-corrected chi connectivity index (χ2v) is 9.75. The highest BCUT2D eigenvalue weighted by atomic mass is 35.5. The topological polar surface area (TPSA) is 105 Å². The van der Waals surface area contributed by atoms with E-state index in [1.807, 2.05) is 6.07 Å². The highest BCUT2D eigenvalue weighted by molar-refractivity contribution is 6.30. The van der Waals surface area contributed by atoms with E-state index < -0.39 is 18.1 Å². The van der Waals surface area contributed by atoms with Gasteiger partial charge in [0.25, 0.3) is 5.91 Å². The quantitative estimate of drug-likeness (QED) is 0.426. The lowest BCUT2D eigenvalue weighted by molar-refractivity contribution is -0.274.